The standard InChI is InChI=1S/C67H114NO8P/c1-3-5-7-9-11-13-15-17-19-21-22-23-24-25-26-27-28-29-30-31-32-33-34-35-36-37-38-39-40-41-42-44-46-48-50-52-54-56-58-60-67(70)76-65(64-75-77(71,72)74-62-61-68)63-73-66(69)59-57-55-53-51-49-47-45-43-20-18-16-14-12-10-8-6-4-2/h5-8,11-14,17-20,22-23,25-26,28-29,45,47,65H,3-4,9-10,15-16,21,24,27,30-44,46,48-64,68H2,1-2H3,(H,71,72)/b7-5-,8-6-,13-11-,14-12-,19-17-,20-18-,23-22-,26-25-,29-28-,47-45-. The smallest absolute Gasteiger partial charge is 0.462 e. The average Bonchev–Trinajstić information content (AvgIpc) is 3.42. The normalized spacial score (nSPS) is 13.9. The molecule has 0 saturated carbocycles. The predicted molar refractivity (Wildman–Crippen MR) is 330 cm³/mol. The Morgan fingerprint density at radius 2 is 0.675 bits per heavy atom. The maximum Gasteiger partial charge on any atom is 0.472 e. The molecule has 0 heterocycles. The molecular formula is C67H114NO8P. The van der Waals surface area contributed by atoms with Crippen LogP contribution in [0.3, 0.4) is 0 Å². The number of ether oxygens (including phenoxy) is 2. The fraction of sp³-hybridized carbons (Fsp3) is 0.672. The van der Waals surface area contributed by atoms with E-state index in [4.69, 9.17) is 24.3 Å². The van der Waals surface area contributed by atoms with Gasteiger partial charge in [-0.15, -0.1) is 0 Å². The molecular weight excluding hydrogens is 978 g/mol. The fourth-order valence-corrected chi connectivity index (χ4v) is 9.10. The lowest BCUT2D eigenvalue weighted by atomic mass is 10.0. The lowest BCUT2D eigenvalue weighted by Gasteiger charge is -2.19. The highest BCUT2D eigenvalue weighted by Crippen LogP contribution is 2.43. The number of allylic oxidation sites excluding steroid dienone is 20. The molecule has 2 unspecified atom stereocenters. The largest absolute Gasteiger partial charge is 0.472 e. The van der Waals surface area contributed by atoms with Gasteiger partial charge < -0.3 is 20.1 Å². The van der Waals surface area contributed by atoms with Crippen molar-refractivity contribution in [2.24, 2.45) is 5.73 Å². The third-order valence-corrected chi connectivity index (χ3v) is 13.8. The summed E-state index contributed by atoms with van der Waals surface area (Å²) in [5.74, 6) is -0.855. The third kappa shape index (κ3) is 61.5. The Balaban J connectivity index is 3.86. The molecule has 77 heavy (non-hydrogen) atoms. The number of esters is 2. The first-order valence-electron chi connectivity index (χ1n) is 31.0. The van der Waals surface area contributed by atoms with Gasteiger partial charge in [0.2, 0.25) is 0 Å². The van der Waals surface area contributed by atoms with Crippen LogP contribution >= 0.6 is 7.82 Å². The predicted octanol–water partition coefficient (Wildman–Crippen LogP) is 20.0. The van der Waals surface area contributed by atoms with Gasteiger partial charge in [-0.3, -0.25) is 18.6 Å². The Morgan fingerprint density at radius 3 is 1.00 bits per heavy atom. The number of hydrogen-bond donors (Lipinski definition) is 2. The summed E-state index contributed by atoms with van der Waals surface area (Å²) in [4.78, 5) is 35.2. The van der Waals surface area contributed by atoms with Gasteiger partial charge in [-0.1, -0.05) is 264 Å². The number of rotatable bonds is 57. The van der Waals surface area contributed by atoms with E-state index in [2.05, 4.69) is 135 Å². The van der Waals surface area contributed by atoms with Crippen LogP contribution in [0.25, 0.3) is 0 Å². The molecule has 0 rings (SSSR count). The number of unbranched alkanes of at least 4 members (excludes halogenated alkanes) is 24. The topological polar surface area (TPSA) is 134 Å². The van der Waals surface area contributed by atoms with E-state index < -0.39 is 32.5 Å². The molecule has 0 aliphatic heterocycles. The summed E-state index contributed by atoms with van der Waals surface area (Å²) in [7, 11) is -4.40. The van der Waals surface area contributed by atoms with Crippen molar-refractivity contribution in [3.8, 4) is 0 Å². The van der Waals surface area contributed by atoms with Gasteiger partial charge in [-0.05, 0) is 103 Å². The first kappa shape index (κ1) is 73.4. The van der Waals surface area contributed by atoms with Crippen molar-refractivity contribution in [3.63, 3.8) is 0 Å². The summed E-state index contributed by atoms with van der Waals surface area (Å²) >= 11 is 0. The number of nitrogens with two attached hydrogens (primary N) is 1. The summed E-state index contributed by atoms with van der Waals surface area (Å²) in [5.41, 5.74) is 5.38. The average molecular weight is 1090 g/mol. The molecule has 0 aromatic rings. The van der Waals surface area contributed by atoms with E-state index in [1.165, 1.54) is 109 Å². The van der Waals surface area contributed by atoms with Crippen molar-refractivity contribution in [3.05, 3.63) is 122 Å². The highest BCUT2D eigenvalue weighted by atomic mass is 31.2. The Bertz CT molecular complexity index is 1670. The van der Waals surface area contributed by atoms with Gasteiger partial charge in [0.05, 0.1) is 13.2 Å². The lowest BCUT2D eigenvalue weighted by molar-refractivity contribution is -0.161. The molecule has 0 amide bonds. The van der Waals surface area contributed by atoms with Crippen LogP contribution in [0.2, 0.25) is 0 Å². The molecule has 10 heteroatoms. The SMILES string of the molecule is CC/C=C\C/C=C\C/C=C\C/C=C\C/C=C\C/C=C\CCCCCCCCCCCCCCCCCCCCCCC(=O)OC(COC(=O)CCCCCC/C=C\C/C=C\C/C=C\C/C=C\CC)COP(=O)(O)OCCN. The van der Waals surface area contributed by atoms with Gasteiger partial charge in [0.25, 0.3) is 0 Å². The Labute approximate surface area is 472 Å². The molecule has 0 aliphatic carbocycles. The van der Waals surface area contributed by atoms with Gasteiger partial charge >= 0.3 is 19.8 Å². The van der Waals surface area contributed by atoms with Crippen LogP contribution in [0.5, 0.6) is 0 Å². The van der Waals surface area contributed by atoms with Gasteiger partial charge in [0.15, 0.2) is 6.10 Å². The van der Waals surface area contributed by atoms with Crippen molar-refractivity contribution in [1.82, 2.24) is 0 Å². The maximum atomic E-state index is 12.7. The minimum atomic E-state index is -4.40. The van der Waals surface area contributed by atoms with E-state index >= 15 is 0 Å². The minimum Gasteiger partial charge on any atom is -0.462 e. The maximum absolute atomic E-state index is 12.7. The zero-order valence-electron chi connectivity index (χ0n) is 49.2. The van der Waals surface area contributed by atoms with E-state index in [1.807, 2.05) is 0 Å². The molecule has 0 aliphatic rings. The third-order valence-electron chi connectivity index (χ3n) is 12.8. The van der Waals surface area contributed by atoms with E-state index in [9.17, 15) is 19.0 Å². The molecule has 0 bridgehead atoms. The summed E-state index contributed by atoms with van der Waals surface area (Å²) in [6.07, 6.45) is 85.7. The number of hydrogen-bond acceptors (Lipinski definition) is 8. The van der Waals surface area contributed by atoms with E-state index in [-0.39, 0.29) is 32.6 Å². The molecule has 9 nitrogen and oxygen atoms in total. The zero-order chi connectivity index (χ0) is 55.9. The molecule has 0 aromatic heterocycles. The van der Waals surface area contributed by atoms with Crippen molar-refractivity contribution in [2.45, 2.75) is 264 Å². The van der Waals surface area contributed by atoms with Crippen LogP contribution < -0.4 is 5.73 Å². The summed E-state index contributed by atoms with van der Waals surface area (Å²) in [6.45, 7) is 3.49. The quantitative estimate of drug-likeness (QED) is 0.0264. The molecule has 440 valence electrons. The van der Waals surface area contributed by atoms with E-state index in [0.717, 1.165) is 109 Å². The molecule has 0 spiro atoms. The second-order valence-corrected chi connectivity index (χ2v) is 21.6. The molecule has 0 aromatic carbocycles. The first-order valence-corrected chi connectivity index (χ1v) is 32.5. The van der Waals surface area contributed by atoms with Gasteiger partial charge in [0, 0.05) is 19.4 Å². The number of phosphoric ester groups is 1. The monoisotopic (exact) mass is 1090 g/mol. The van der Waals surface area contributed by atoms with Crippen LogP contribution in [-0.4, -0.2) is 49.3 Å². The molecule has 2 atom stereocenters. The Kier molecular flexibility index (Phi) is 58.7. The van der Waals surface area contributed by atoms with Crippen LogP contribution in [0.1, 0.15) is 258 Å². The first-order chi connectivity index (χ1) is 37.8. The van der Waals surface area contributed by atoms with Crippen molar-refractivity contribution >= 4 is 19.8 Å². The van der Waals surface area contributed by atoms with Gasteiger partial charge in [-0.25, -0.2) is 4.57 Å². The highest BCUT2D eigenvalue weighted by Gasteiger charge is 2.26. The van der Waals surface area contributed by atoms with Crippen LogP contribution in [0.15, 0.2) is 122 Å². The second-order valence-electron chi connectivity index (χ2n) is 20.2. The number of phosphoric acid groups is 1. The van der Waals surface area contributed by atoms with Crippen LogP contribution in [0, 0.1) is 0 Å². The Morgan fingerprint density at radius 1 is 0.390 bits per heavy atom. The minimum absolute atomic E-state index is 0.0458. The van der Waals surface area contributed by atoms with Gasteiger partial charge in [-0.2, -0.15) is 0 Å². The highest BCUT2D eigenvalue weighted by molar-refractivity contribution is 7.47. The van der Waals surface area contributed by atoms with Crippen LogP contribution in [-0.2, 0) is 32.7 Å². The van der Waals surface area contributed by atoms with Gasteiger partial charge in [0.1, 0.15) is 6.61 Å². The lowest BCUT2D eigenvalue weighted by Crippen LogP contribution is -2.29. The molecule has 0 saturated heterocycles. The van der Waals surface area contributed by atoms with Crippen molar-refractivity contribution < 1.29 is 37.6 Å². The summed E-state index contributed by atoms with van der Waals surface area (Å²) in [5, 5.41) is 0. The van der Waals surface area contributed by atoms with E-state index in [1.54, 1.807) is 0 Å². The Hall–Kier alpha value is -3.59. The summed E-state index contributed by atoms with van der Waals surface area (Å²) in [6, 6.07) is 0. The van der Waals surface area contributed by atoms with Crippen molar-refractivity contribution in [1.29, 1.82) is 0 Å². The zero-order valence-corrected chi connectivity index (χ0v) is 50.0. The number of carbonyl (C=O) groups excluding carboxylic acids is 2. The molecule has 0 fully saturated rings. The molecule has 3 N–H and O–H groups in total. The molecule has 0 radical (unpaired) electrons. The van der Waals surface area contributed by atoms with E-state index in [0.29, 0.717) is 12.8 Å². The van der Waals surface area contributed by atoms with Crippen molar-refractivity contribution in [2.75, 3.05) is 26.4 Å². The fourth-order valence-electron chi connectivity index (χ4n) is 8.34. The summed E-state index contributed by atoms with van der Waals surface area (Å²) < 4.78 is 33.0. The second kappa shape index (κ2) is 61.6. The van der Waals surface area contributed by atoms with Crippen LogP contribution in [0.4, 0.5) is 0 Å². The number of carbonyl (C=O) groups is 2.